The highest BCUT2D eigenvalue weighted by atomic mass is 32.1. The molecule has 1 N–H and O–H groups in total. The lowest BCUT2D eigenvalue weighted by molar-refractivity contribution is -0.120. The summed E-state index contributed by atoms with van der Waals surface area (Å²) in [5, 5.41) is 14.1. The van der Waals surface area contributed by atoms with Crippen LogP contribution in [0.3, 0.4) is 0 Å². The van der Waals surface area contributed by atoms with Gasteiger partial charge in [0.1, 0.15) is 11.9 Å². The van der Waals surface area contributed by atoms with Crippen molar-refractivity contribution in [2.45, 2.75) is 12.8 Å². The van der Waals surface area contributed by atoms with Crippen LogP contribution in [0.25, 0.3) is 0 Å². The van der Waals surface area contributed by atoms with Gasteiger partial charge in [-0.1, -0.05) is 0 Å². The standard InChI is InChI=1S/C15H15N5OS/c16-8-11-3-4-13(18-9-11)20-6-1-2-12(10-20)14(21)19-15-17-5-7-22-15/h3-5,7,9,12H,1-2,6,10H2,(H,17,19,21). The molecule has 1 unspecified atom stereocenters. The van der Waals surface area contributed by atoms with E-state index in [0.717, 1.165) is 25.2 Å². The highest BCUT2D eigenvalue weighted by molar-refractivity contribution is 7.13. The average molecular weight is 313 g/mol. The van der Waals surface area contributed by atoms with E-state index in [4.69, 9.17) is 5.26 Å². The number of aromatic nitrogens is 2. The number of nitriles is 1. The van der Waals surface area contributed by atoms with Crippen LogP contribution < -0.4 is 10.2 Å². The number of rotatable bonds is 3. The molecule has 0 bridgehead atoms. The average Bonchev–Trinajstić information content (AvgIpc) is 3.08. The SMILES string of the molecule is N#Cc1ccc(N2CCCC(C(=O)Nc3nccs3)C2)nc1. The Kier molecular flexibility index (Phi) is 4.30. The van der Waals surface area contributed by atoms with Gasteiger partial charge in [-0.15, -0.1) is 11.3 Å². The highest BCUT2D eigenvalue weighted by Gasteiger charge is 2.26. The Morgan fingerprint density at radius 2 is 2.36 bits per heavy atom. The third-order valence-electron chi connectivity index (χ3n) is 3.66. The lowest BCUT2D eigenvalue weighted by Crippen LogP contribution is -2.41. The Balaban J connectivity index is 1.65. The van der Waals surface area contributed by atoms with Gasteiger partial charge in [-0.3, -0.25) is 4.79 Å². The second-order valence-electron chi connectivity index (χ2n) is 5.13. The number of carbonyl (C=O) groups excluding carboxylic acids is 1. The monoisotopic (exact) mass is 313 g/mol. The van der Waals surface area contributed by atoms with E-state index < -0.39 is 0 Å². The predicted octanol–water partition coefficient (Wildman–Crippen LogP) is 2.26. The summed E-state index contributed by atoms with van der Waals surface area (Å²) in [6, 6.07) is 5.64. The fourth-order valence-corrected chi connectivity index (χ4v) is 3.06. The van der Waals surface area contributed by atoms with Gasteiger partial charge in [-0.25, -0.2) is 9.97 Å². The Morgan fingerprint density at radius 1 is 1.45 bits per heavy atom. The molecule has 2 aromatic heterocycles. The van der Waals surface area contributed by atoms with Crippen molar-refractivity contribution in [1.29, 1.82) is 5.26 Å². The van der Waals surface area contributed by atoms with E-state index in [2.05, 4.69) is 26.3 Å². The first kappa shape index (κ1) is 14.5. The molecular formula is C15H15N5OS. The van der Waals surface area contributed by atoms with Crippen molar-refractivity contribution in [3.05, 3.63) is 35.5 Å². The molecule has 0 spiro atoms. The van der Waals surface area contributed by atoms with Crippen molar-refractivity contribution in [3.8, 4) is 6.07 Å². The van der Waals surface area contributed by atoms with Crippen LogP contribution in [0.4, 0.5) is 10.9 Å². The van der Waals surface area contributed by atoms with Gasteiger partial charge < -0.3 is 10.2 Å². The van der Waals surface area contributed by atoms with Crippen molar-refractivity contribution >= 4 is 28.2 Å². The number of piperidine rings is 1. The number of nitrogens with zero attached hydrogens (tertiary/aromatic N) is 4. The maximum absolute atomic E-state index is 12.3. The van der Waals surface area contributed by atoms with E-state index in [0.29, 0.717) is 17.2 Å². The number of anilines is 2. The maximum atomic E-state index is 12.3. The smallest absolute Gasteiger partial charge is 0.231 e. The molecule has 0 aliphatic carbocycles. The van der Waals surface area contributed by atoms with Gasteiger partial charge in [0.15, 0.2) is 5.13 Å². The van der Waals surface area contributed by atoms with Gasteiger partial charge in [0.25, 0.3) is 0 Å². The number of thiazole rings is 1. The summed E-state index contributed by atoms with van der Waals surface area (Å²) in [6.07, 6.45) is 5.05. The third-order valence-corrected chi connectivity index (χ3v) is 4.34. The zero-order valence-electron chi connectivity index (χ0n) is 11.9. The van der Waals surface area contributed by atoms with E-state index in [1.807, 2.05) is 11.4 Å². The van der Waals surface area contributed by atoms with Gasteiger partial charge >= 0.3 is 0 Å². The van der Waals surface area contributed by atoms with Crippen LogP contribution in [0.2, 0.25) is 0 Å². The van der Waals surface area contributed by atoms with Crippen LogP contribution in [-0.4, -0.2) is 29.0 Å². The number of pyridine rings is 1. The minimum absolute atomic E-state index is 0.00768. The summed E-state index contributed by atoms with van der Waals surface area (Å²) in [5.41, 5.74) is 0.541. The van der Waals surface area contributed by atoms with Crippen LogP contribution in [0.1, 0.15) is 18.4 Å². The molecule has 0 radical (unpaired) electrons. The maximum Gasteiger partial charge on any atom is 0.231 e. The summed E-state index contributed by atoms with van der Waals surface area (Å²) in [4.78, 5) is 22.8. The summed E-state index contributed by atoms with van der Waals surface area (Å²) in [7, 11) is 0. The van der Waals surface area contributed by atoms with Crippen molar-refractivity contribution < 1.29 is 4.79 Å². The zero-order valence-corrected chi connectivity index (χ0v) is 12.7. The van der Waals surface area contributed by atoms with E-state index in [1.54, 1.807) is 18.5 Å². The van der Waals surface area contributed by atoms with Crippen molar-refractivity contribution in [2.75, 3.05) is 23.3 Å². The Hall–Kier alpha value is -2.46. The van der Waals surface area contributed by atoms with E-state index in [1.165, 1.54) is 11.3 Å². The van der Waals surface area contributed by atoms with Gasteiger partial charge in [-0.05, 0) is 25.0 Å². The quantitative estimate of drug-likeness (QED) is 0.940. The molecule has 0 aromatic carbocycles. The number of hydrogen-bond donors (Lipinski definition) is 1. The molecule has 1 atom stereocenters. The largest absolute Gasteiger partial charge is 0.356 e. The van der Waals surface area contributed by atoms with Crippen molar-refractivity contribution in [2.24, 2.45) is 5.92 Å². The Morgan fingerprint density at radius 3 is 3.05 bits per heavy atom. The first-order chi connectivity index (χ1) is 10.8. The molecule has 6 nitrogen and oxygen atoms in total. The van der Waals surface area contributed by atoms with E-state index >= 15 is 0 Å². The van der Waals surface area contributed by atoms with E-state index in [-0.39, 0.29) is 11.8 Å². The summed E-state index contributed by atoms with van der Waals surface area (Å²) < 4.78 is 0. The summed E-state index contributed by atoms with van der Waals surface area (Å²) in [5.74, 6) is 0.745. The zero-order chi connectivity index (χ0) is 15.4. The number of nitrogens with one attached hydrogen (secondary N) is 1. The molecular weight excluding hydrogens is 298 g/mol. The first-order valence-electron chi connectivity index (χ1n) is 7.08. The first-order valence-corrected chi connectivity index (χ1v) is 7.95. The lowest BCUT2D eigenvalue weighted by Gasteiger charge is -2.32. The third kappa shape index (κ3) is 3.23. The van der Waals surface area contributed by atoms with Crippen molar-refractivity contribution in [1.82, 2.24) is 9.97 Å². The molecule has 1 aliphatic heterocycles. The molecule has 2 aromatic rings. The number of hydrogen-bond acceptors (Lipinski definition) is 6. The Labute approximate surface area is 132 Å². The highest BCUT2D eigenvalue weighted by Crippen LogP contribution is 2.23. The van der Waals surface area contributed by atoms with Crippen LogP contribution in [0.5, 0.6) is 0 Å². The molecule has 0 saturated carbocycles. The molecule has 3 rings (SSSR count). The minimum Gasteiger partial charge on any atom is -0.356 e. The van der Waals surface area contributed by atoms with Gasteiger partial charge in [0.2, 0.25) is 5.91 Å². The van der Waals surface area contributed by atoms with E-state index in [9.17, 15) is 4.79 Å². The van der Waals surface area contributed by atoms with Crippen molar-refractivity contribution in [3.63, 3.8) is 0 Å². The van der Waals surface area contributed by atoms with Gasteiger partial charge in [0.05, 0.1) is 11.5 Å². The molecule has 7 heteroatoms. The second kappa shape index (κ2) is 6.54. The van der Waals surface area contributed by atoms with Crippen LogP contribution in [-0.2, 0) is 4.79 Å². The molecule has 3 heterocycles. The summed E-state index contributed by atoms with van der Waals surface area (Å²) >= 11 is 1.42. The van der Waals surface area contributed by atoms with Crippen LogP contribution in [0, 0.1) is 17.2 Å². The predicted molar refractivity (Wildman–Crippen MR) is 84.6 cm³/mol. The molecule has 1 amide bonds. The van der Waals surface area contributed by atoms with Gasteiger partial charge in [-0.2, -0.15) is 5.26 Å². The lowest BCUT2D eigenvalue weighted by atomic mass is 9.97. The molecule has 1 fully saturated rings. The molecule has 22 heavy (non-hydrogen) atoms. The Bertz CT molecular complexity index is 677. The molecule has 1 aliphatic rings. The minimum atomic E-state index is -0.0740. The number of amides is 1. The summed E-state index contributed by atoms with van der Waals surface area (Å²) in [6.45, 7) is 1.51. The fourth-order valence-electron chi connectivity index (χ4n) is 2.53. The number of carbonyl (C=O) groups is 1. The topological polar surface area (TPSA) is 81.9 Å². The molecule has 112 valence electrons. The fraction of sp³-hybridized carbons (Fsp3) is 0.333. The van der Waals surface area contributed by atoms with Crippen LogP contribution >= 0.6 is 11.3 Å². The van der Waals surface area contributed by atoms with Crippen LogP contribution in [0.15, 0.2) is 29.9 Å². The second-order valence-corrected chi connectivity index (χ2v) is 6.02. The van der Waals surface area contributed by atoms with Gasteiger partial charge in [0, 0.05) is 30.9 Å². The normalized spacial score (nSPS) is 17.8. The molecule has 1 saturated heterocycles.